The van der Waals surface area contributed by atoms with Gasteiger partial charge in [-0.25, -0.2) is 0 Å². The van der Waals surface area contributed by atoms with Gasteiger partial charge < -0.3 is 14.2 Å². The zero-order chi connectivity index (χ0) is 59.9. The van der Waals surface area contributed by atoms with Gasteiger partial charge in [0.25, 0.3) is 0 Å². The van der Waals surface area contributed by atoms with Crippen LogP contribution in [0.15, 0.2) is 24.3 Å². The van der Waals surface area contributed by atoms with Gasteiger partial charge in [0.2, 0.25) is 0 Å². The van der Waals surface area contributed by atoms with Gasteiger partial charge in [-0.3, -0.25) is 14.4 Å². The summed E-state index contributed by atoms with van der Waals surface area (Å²) in [5, 5.41) is 0. The average molecular weight is 1170 g/mol. The minimum atomic E-state index is -0.771. The number of unbranched alkanes of at least 4 members (excludes halogenated alkanes) is 56. The molecule has 0 spiro atoms. The molecule has 0 aromatic heterocycles. The number of carbonyl (C=O) groups excluding carboxylic acids is 3. The fourth-order valence-corrected chi connectivity index (χ4v) is 11.8. The van der Waals surface area contributed by atoms with Crippen molar-refractivity contribution in [3.05, 3.63) is 24.3 Å². The van der Waals surface area contributed by atoms with Crippen LogP contribution in [-0.4, -0.2) is 37.2 Å². The molecule has 0 aliphatic rings. The van der Waals surface area contributed by atoms with Gasteiger partial charge in [0.15, 0.2) is 6.10 Å². The van der Waals surface area contributed by atoms with Crippen LogP contribution >= 0.6 is 0 Å². The molecule has 0 fully saturated rings. The summed E-state index contributed by atoms with van der Waals surface area (Å²) in [6.07, 6.45) is 89.4. The second kappa shape index (κ2) is 72.4. The van der Waals surface area contributed by atoms with E-state index >= 15 is 0 Å². The maximum atomic E-state index is 13.0. The molecular formula is C77H146O6. The summed E-state index contributed by atoms with van der Waals surface area (Å²) in [6.45, 7) is 6.72. The topological polar surface area (TPSA) is 78.9 Å². The Bertz CT molecular complexity index is 1340. The van der Waals surface area contributed by atoms with Crippen LogP contribution in [0, 0.1) is 0 Å². The Hall–Kier alpha value is -2.11. The predicted octanol–water partition coefficient (Wildman–Crippen LogP) is 26.1. The van der Waals surface area contributed by atoms with Gasteiger partial charge in [-0.15, -0.1) is 0 Å². The third kappa shape index (κ3) is 70.5. The lowest BCUT2D eigenvalue weighted by molar-refractivity contribution is -0.167. The van der Waals surface area contributed by atoms with Gasteiger partial charge in [-0.2, -0.15) is 0 Å². The molecule has 1 atom stereocenters. The minimum Gasteiger partial charge on any atom is -0.462 e. The number of ether oxygens (including phenoxy) is 3. The predicted molar refractivity (Wildman–Crippen MR) is 363 cm³/mol. The first-order valence-electron chi connectivity index (χ1n) is 37.8. The molecule has 490 valence electrons. The van der Waals surface area contributed by atoms with Crippen molar-refractivity contribution < 1.29 is 28.6 Å². The van der Waals surface area contributed by atoms with Gasteiger partial charge in [-0.05, 0) is 51.4 Å². The van der Waals surface area contributed by atoms with Crippen LogP contribution in [0.5, 0.6) is 0 Å². The van der Waals surface area contributed by atoms with Crippen LogP contribution in [0.3, 0.4) is 0 Å². The third-order valence-electron chi connectivity index (χ3n) is 17.5. The van der Waals surface area contributed by atoms with E-state index in [0.29, 0.717) is 19.3 Å². The van der Waals surface area contributed by atoms with Crippen molar-refractivity contribution in [3.8, 4) is 0 Å². The quantitative estimate of drug-likeness (QED) is 0.0261. The number of hydrogen-bond donors (Lipinski definition) is 0. The van der Waals surface area contributed by atoms with Gasteiger partial charge in [0.1, 0.15) is 13.2 Å². The normalized spacial score (nSPS) is 12.1. The Morgan fingerprint density at radius 3 is 0.663 bits per heavy atom. The number of allylic oxidation sites excluding steroid dienone is 4. The maximum absolute atomic E-state index is 13.0. The molecular weight excluding hydrogens is 1020 g/mol. The van der Waals surface area contributed by atoms with Crippen LogP contribution in [0.4, 0.5) is 0 Å². The van der Waals surface area contributed by atoms with E-state index < -0.39 is 6.10 Å². The van der Waals surface area contributed by atoms with Crippen molar-refractivity contribution in [2.75, 3.05) is 13.2 Å². The maximum Gasteiger partial charge on any atom is 0.306 e. The third-order valence-corrected chi connectivity index (χ3v) is 17.5. The van der Waals surface area contributed by atoms with Gasteiger partial charge in [0.05, 0.1) is 0 Å². The molecule has 6 nitrogen and oxygen atoms in total. The lowest BCUT2D eigenvalue weighted by atomic mass is 10.0. The van der Waals surface area contributed by atoms with E-state index in [1.807, 2.05) is 0 Å². The molecule has 1 unspecified atom stereocenters. The summed E-state index contributed by atoms with van der Waals surface area (Å²) in [5.74, 6) is -0.833. The zero-order valence-electron chi connectivity index (χ0n) is 56.5. The number of rotatable bonds is 71. The monoisotopic (exact) mass is 1170 g/mol. The Kier molecular flexibility index (Phi) is 70.5. The summed E-state index contributed by atoms with van der Waals surface area (Å²) in [5.41, 5.74) is 0. The molecule has 6 heteroatoms. The second-order valence-corrected chi connectivity index (χ2v) is 25.9. The minimum absolute atomic E-state index is 0.0661. The Balaban J connectivity index is 4.22. The molecule has 0 bridgehead atoms. The number of carbonyl (C=O) groups is 3. The Morgan fingerprint density at radius 1 is 0.241 bits per heavy atom. The van der Waals surface area contributed by atoms with Crippen molar-refractivity contribution in [2.45, 2.75) is 438 Å². The first-order chi connectivity index (χ1) is 41.0. The molecule has 0 saturated heterocycles. The standard InChI is InChI=1S/C77H146O6/c1-4-7-10-13-16-19-22-25-28-31-33-35-36-37-38-39-40-41-43-44-46-49-52-55-58-61-64-67-70-76(79)82-73-74(72-81-75(78)69-66-63-60-57-54-51-48-30-27-24-21-18-15-12-9-6-3)83-77(80)71-68-65-62-59-56-53-50-47-45-42-34-32-29-26-23-20-17-14-11-8-5-2/h23,26,32,34,74H,4-22,24-25,27-31,33,35-73H2,1-3H3/b26-23-,34-32-. The van der Waals surface area contributed by atoms with Crippen LogP contribution in [0.25, 0.3) is 0 Å². The van der Waals surface area contributed by atoms with Crippen LogP contribution in [-0.2, 0) is 28.6 Å². The van der Waals surface area contributed by atoms with Gasteiger partial charge in [0, 0.05) is 19.3 Å². The second-order valence-electron chi connectivity index (χ2n) is 25.9. The Labute approximate surface area is 519 Å². The summed E-state index contributed by atoms with van der Waals surface area (Å²) in [4.78, 5) is 38.5. The first kappa shape index (κ1) is 80.9. The van der Waals surface area contributed by atoms with E-state index in [-0.39, 0.29) is 31.1 Å². The average Bonchev–Trinajstić information content (AvgIpc) is 3.50. The first-order valence-corrected chi connectivity index (χ1v) is 37.8. The molecule has 0 rings (SSSR count). The van der Waals surface area contributed by atoms with Crippen molar-refractivity contribution >= 4 is 17.9 Å². The lowest BCUT2D eigenvalue weighted by Crippen LogP contribution is -2.30. The molecule has 0 aliphatic carbocycles. The van der Waals surface area contributed by atoms with Crippen molar-refractivity contribution in [1.29, 1.82) is 0 Å². The van der Waals surface area contributed by atoms with E-state index in [4.69, 9.17) is 14.2 Å². The van der Waals surface area contributed by atoms with Crippen molar-refractivity contribution in [3.63, 3.8) is 0 Å². The fraction of sp³-hybridized carbons (Fsp3) is 0.909. The van der Waals surface area contributed by atoms with Crippen LogP contribution < -0.4 is 0 Å². The van der Waals surface area contributed by atoms with E-state index in [0.717, 1.165) is 64.2 Å². The highest BCUT2D eigenvalue weighted by Gasteiger charge is 2.20. The smallest absolute Gasteiger partial charge is 0.306 e. The highest BCUT2D eigenvalue weighted by atomic mass is 16.6. The van der Waals surface area contributed by atoms with Gasteiger partial charge >= 0.3 is 17.9 Å². The molecule has 0 heterocycles. The number of esters is 3. The zero-order valence-corrected chi connectivity index (χ0v) is 56.5. The van der Waals surface area contributed by atoms with Crippen LogP contribution in [0.2, 0.25) is 0 Å². The van der Waals surface area contributed by atoms with Gasteiger partial charge in [-0.1, -0.05) is 385 Å². The molecule has 0 aromatic carbocycles. The highest BCUT2D eigenvalue weighted by Crippen LogP contribution is 2.19. The largest absolute Gasteiger partial charge is 0.462 e. The summed E-state index contributed by atoms with van der Waals surface area (Å²) >= 11 is 0. The molecule has 83 heavy (non-hydrogen) atoms. The summed E-state index contributed by atoms with van der Waals surface area (Å²) < 4.78 is 17.0. The molecule has 0 saturated carbocycles. The van der Waals surface area contributed by atoms with E-state index in [9.17, 15) is 14.4 Å². The highest BCUT2D eigenvalue weighted by molar-refractivity contribution is 5.71. The summed E-state index contributed by atoms with van der Waals surface area (Å²) in [6, 6.07) is 0. The Morgan fingerprint density at radius 2 is 0.434 bits per heavy atom. The summed E-state index contributed by atoms with van der Waals surface area (Å²) in [7, 11) is 0. The van der Waals surface area contributed by atoms with E-state index in [2.05, 4.69) is 45.1 Å². The lowest BCUT2D eigenvalue weighted by Gasteiger charge is -2.18. The molecule has 0 amide bonds. The number of hydrogen-bond acceptors (Lipinski definition) is 6. The molecule has 0 radical (unpaired) electrons. The van der Waals surface area contributed by atoms with Crippen molar-refractivity contribution in [1.82, 2.24) is 0 Å². The fourth-order valence-electron chi connectivity index (χ4n) is 11.8. The molecule has 0 N–H and O–H groups in total. The van der Waals surface area contributed by atoms with E-state index in [1.165, 1.54) is 327 Å². The molecule has 0 aromatic rings. The van der Waals surface area contributed by atoms with Crippen molar-refractivity contribution in [2.24, 2.45) is 0 Å². The molecule has 0 aliphatic heterocycles. The SMILES string of the molecule is CCCCCCC/C=C\C/C=C\CCCCCCCCCCCC(=O)OC(COC(=O)CCCCCCCCCCCCCCCCCC)COC(=O)CCCCCCCCCCCCCCCCCCCCCCCCCCCCCC. The van der Waals surface area contributed by atoms with E-state index in [1.54, 1.807) is 0 Å². The van der Waals surface area contributed by atoms with Crippen LogP contribution in [0.1, 0.15) is 432 Å².